The highest BCUT2D eigenvalue weighted by Crippen LogP contribution is 2.30. The van der Waals surface area contributed by atoms with Gasteiger partial charge >= 0.3 is 6.09 Å². The Hall–Kier alpha value is -2.35. The van der Waals surface area contributed by atoms with Gasteiger partial charge in [-0.05, 0) is 6.42 Å². The normalized spacial score (nSPS) is 19.0. The van der Waals surface area contributed by atoms with Crippen molar-refractivity contribution in [3.8, 4) is 0 Å². The first-order valence-corrected chi connectivity index (χ1v) is 7.40. The van der Waals surface area contributed by atoms with Gasteiger partial charge in [0.05, 0.1) is 18.0 Å². The molecular formula is C14H17N5O3. The molecule has 1 fully saturated rings. The Balaban J connectivity index is 1.80. The number of hydrogen-bond acceptors (Lipinski definition) is 5. The maximum atomic E-state index is 11.2. The van der Waals surface area contributed by atoms with E-state index in [-0.39, 0.29) is 6.10 Å². The molecule has 2 aromatic rings. The van der Waals surface area contributed by atoms with Crippen molar-refractivity contribution in [2.75, 3.05) is 31.1 Å². The third-order valence-electron chi connectivity index (χ3n) is 4.37. The molecule has 2 N–H and O–H groups in total. The van der Waals surface area contributed by atoms with Crippen molar-refractivity contribution in [3.05, 3.63) is 23.5 Å². The topological polar surface area (TPSA) is 94.2 Å². The van der Waals surface area contributed by atoms with Gasteiger partial charge in [0.1, 0.15) is 5.82 Å². The summed E-state index contributed by atoms with van der Waals surface area (Å²) in [5, 5.41) is 23.2. The molecule has 0 radical (unpaired) electrons. The molecule has 0 saturated carbocycles. The Morgan fingerprint density at radius 1 is 1.27 bits per heavy atom. The average molecular weight is 303 g/mol. The Morgan fingerprint density at radius 2 is 2.05 bits per heavy atom. The molecule has 4 heterocycles. The van der Waals surface area contributed by atoms with E-state index in [9.17, 15) is 15.0 Å². The largest absolute Gasteiger partial charge is 0.465 e. The van der Waals surface area contributed by atoms with Crippen LogP contribution in [-0.2, 0) is 12.8 Å². The minimum Gasteiger partial charge on any atom is -0.465 e. The molecule has 0 unspecified atom stereocenters. The summed E-state index contributed by atoms with van der Waals surface area (Å²) >= 11 is 0. The van der Waals surface area contributed by atoms with Crippen LogP contribution in [0.1, 0.15) is 11.3 Å². The summed E-state index contributed by atoms with van der Waals surface area (Å²) in [6, 6.07) is 1.85. The third kappa shape index (κ3) is 1.98. The van der Waals surface area contributed by atoms with Crippen molar-refractivity contribution in [3.63, 3.8) is 0 Å². The van der Waals surface area contributed by atoms with Gasteiger partial charge in [0.2, 0.25) is 0 Å². The van der Waals surface area contributed by atoms with Crippen LogP contribution >= 0.6 is 0 Å². The fourth-order valence-electron chi connectivity index (χ4n) is 3.21. The minimum atomic E-state index is -0.890. The number of carboxylic acid groups (broad SMARTS) is 1. The average Bonchev–Trinajstić information content (AvgIpc) is 2.80. The SMILES string of the molecule is O=C(O)N1CCc2nc3ccnn3c(N3CC(O)C3)c2CC1. The number of fused-ring (bicyclic) bond motifs is 2. The van der Waals surface area contributed by atoms with Gasteiger partial charge in [0, 0.05) is 44.2 Å². The first-order valence-electron chi connectivity index (χ1n) is 7.40. The fraction of sp³-hybridized carbons (Fsp3) is 0.500. The Bertz CT molecular complexity index is 737. The van der Waals surface area contributed by atoms with Gasteiger partial charge in [-0.15, -0.1) is 0 Å². The lowest BCUT2D eigenvalue weighted by Gasteiger charge is -2.39. The summed E-state index contributed by atoms with van der Waals surface area (Å²) in [5.74, 6) is 0.947. The molecule has 0 spiro atoms. The van der Waals surface area contributed by atoms with E-state index < -0.39 is 6.09 Å². The lowest BCUT2D eigenvalue weighted by Crippen LogP contribution is -2.52. The van der Waals surface area contributed by atoms with Crippen molar-refractivity contribution < 1.29 is 15.0 Å². The first kappa shape index (κ1) is 13.3. The minimum absolute atomic E-state index is 0.310. The zero-order valence-corrected chi connectivity index (χ0v) is 12.0. The molecule has 116 valence electrons. The molecule has 8 nitrogen and oxygen atoms in total. The van der Waals surface area contributed by atoms with Gasteiger partial charge < -0.3 is 20.0 Å². The molecular weight excluding hydrogens is 286 g/mol. The predicted molar refractivity (Wildman–Crippen MR) is 78.2 cm³/mol. The van der Waals surface area contributed by atoms with Gasteiger partial charge in [0.15, 0.2) is 5.65 Å². The molecule has 22 heavy (non-hydrogen) atoms. The Morgan fingerprint density at radius 3 is 2.77 bits per heavy atom. The van der Waals surface area contributed by atoms with Crippen LogP contribution in [0.25, 0.3) is 5.65 Å². The molecule has 0 aliphatic carbocycles. The van der Waals surface area contributed by atoms with Crippen LogP contribution in [0.15, 0.2) is 12.3 Å². The monoisotopic (exact) mass is 303 g/mol. The predicted octanol–water partition coefficient (Wildman–Crippen LogP) is -0.0112. The van der Waals surface area contributed by atoms with Crippen molar-refractivity contribution in [2.24, 2.45) is 0 Å². The second-order valence-electron chi connectivity index (χ2n) is 5.79. The van der Waals surface area contributed by atoms with Crippen molar-refractivity contribution in [1.82, 2.24) is 19.5 Å². The second kappa shape index (κ2) is 4.84. The van der Waals surface area contributed by atoms with E-state index in [4.69, 9.17) is 0 Å². The number of aliphatic hydroxyl groups is 1. The number of aromatic nitrogens is 3. The standard InChI is InChI=1S/C14H17N5O3/c20-9-7-18(8-9)13-10-2-5-17(14(21)22)6-3-11(10)16-12-1-4-15-19(12)13/h1,4,9,20H,2-3,5-8H2,(H,21,22). The van der Waals surface area contributed by atoms with E-state index in [1.54, 1.807) is 10.7 Å². The van der Waals surface area contributed by atoms with Crippen LogP contribution in [-0.4, -0.2) is 68.1 Å². The maximum Gasteiger partial charge on any atom is 0.407 e. The van der Waals surface area contributed by atoms with E-state index in [1.165, 1.54) is 4.90 Å². The van der Waals surface area contributed by atoms with Gasteiger partial charge in [-0.1, -0.05) is 0 Å². The summed E-state index contributed by atoms with van der Waals surface area (Å²) in [6.45, 7) is 2.07. The van der Waals surface area contributed by atoms with E-state index in [2.05, 4.69) is 15.0 Å². The van der Waals surface area contributed by atoms with Crippen molar-refractivity contribution in [2.45, 2.75) is 18.9 Å². The number of rotatable bonds is 1. The lowest BCUT2D eigenvalue weighted by atomic mass is 10.1. The van der Waals surface area contributed by atoms with Crippen LogP contribution in [0.4, 0.5) is 10.6 Å². The highest BCUT2D eigenvalue weighted by atomic mass is 16.4. The molecule has 2 aliphatic heterocycles. The first-order chi connectivity index (χ1) is 10.6. The molecule has 1 saturated heterocycles. The Kier molecular flexibility index (Phi) is 2.93. The highest BCUT2D eigenvalue weighted by molar-refractivity contribution is 5.66. The summed E-state index contributed by atoms with van der Waals surface area (Å²) in [6.07, 6.45) is 1.73. The van der Waals surface area contributed by atoms with Gasteiger partial charge in [0.25, 0.3) is 0 Å². The zero-order valence-electron chi connectivity index (χ0n) is 12.0. The van der Waals surface area contributed by atoms with Crippen LogP contribution in [0.5, 0.6) is 0 Å². The van der Waals surface area contributed by atoms with Crippen LogP contribution in [0, 0.1) is 0 Å². The van der Waals surface area contributed by atoms with Gasteiger partial charge in [-0.2, -0.15) is 9.61 Å². The molecule has 0 atom stereocenters. The Labute approximate surface area is 126 Å². The van der Waals surface area contributed by atoms with Gasteiger partial charge in [-0.3, -0.25) is 0 Å². The van der Waals surface area contributed by atoms with Crippen molar-refractivity contribution >= 4 is 17.6 Å². The van der Waals surface area contributed by atoms with E-state index >= 15 is 0 Å². The number of amides is 1. The lowest BCUT2D eigenvalue weighted by molar-refractivity contribution is 0.140. The molecule has 4 rings (SSSR count). The number of nitrogens with zero attached hydrogens (tertiary/aromatic N) is 5. The molecule has 8 heteroatoms. The van der Waals surface area contributed by atoms with E-state index in [0.29, 0.717) is 39.0 Å². The number of β-amino-alcohol motifs (C(OH)–C–C–N with tert-alkyl or cyclic N) is 1. The molecule has 2 aromatic heterocycles. The van der Waals surface area contributed by atoms with E-state index in [1.807, 2.05) is 6.07 Å². The van der Waals surface area contributed by atoms with Crippen LogP contribution in [0.2, 0.25) is 0 Å². The number of anilines is 1. The summed E-state index contributed by atoms with van der Waals surface area (Å²) in [7, 11) is 0. The maximum absolute atomic E-state index is 11.2. The van der Waals surface area contributed by atoms with Crippen molar-refractivity contribution in [1.29, 1.82) is 0 Å². The summed E-state index contributed by atoms with van der Waals surface area (Å²) < 4.78 is 1.79. The quantitative estimate of drug-likeness (QED) is 0.769. The third-order valence-corrected chi connectivity index (χ3v) is 4.37. The van der Waals surface area contributed by atoms with Crippen LogP contribution in [0.3, 0.4) is 0 Å². The fourth-order valence-corrected chi connectivity index (χ4v) is 3.21. The number of hydrogen-bond donors (Lipinski definition) is 2. The number of carbonyl (C=O) groups is 1. The molecule has 2 aliphatic rings. The molecule has 0 aromatic carbocycles. The van der Waals surface area contributed by atoms with Gasteiger partial charge in [-0.25, -0.2) is 9.78 Å². The molecule has 0 bridgehead atoms. The van der Waals surface area contributed by atoms with Crippen LogP contribution < -0.4 is 4.90 Å². The van der Waals surface area contributed by atoms with E-state index in [0.717, 1.165) is 22.7 Å². The summed E-state index contributed by atoms with van der Waals surface area (Å²) in [5.41, 5.74) is 2.75. The zero-order chi connectivity index (χ0) is 15.3. The summed E-state index contributed by atoms with van der Waals surface area (Å²) in [4.78, 5) is 19.4. The smallest absolute Gasteiger partial charge is 0.407 e. The second-order valence-corrected chi connectivity index (χ2v) is 5.79. The number of aliphatic hydroxyl groups excluding tert-OH is 1. The highest BCUT2D eigenvalue weighted by Gasteiger charge is 2.31. The molecule has 1 amide bonds.